The van der Waals surface area contributed by atoms with Crippen LogP contribution in [0.4, 0.5) is 0 Å². The molecule has 0 aromatic heterocycles. The molecule has 1 fully saturated rings. The molecule has 0 spiro atoms. The van der Waals surface area contributed by atoms with Gasteiger partial charge in [0.25, 0.3) is 0 Å². The highest BCUT2D eigenvalue weighted by atomic mass is 16.5. The number of carbonyl (C=O) groups excluding carboxylic acids is 1. The highest BCUT2D eigenvalue weighted by Crippen LogP contribution is 2.41. The smallest absolute Gasteiger partial charge is 0.313 e. The third-order valence-corrected chi connectivity index (χ3v) is 3.64. The average molecular weight is 249 g/mol. The molecule has 1 aliphatic rings. The van der Waals surface area contributed by atoms with Crippen molar-refractivity contribution in [1.29, 1.82) is 0 Å². The molecule has 0 aliphatic heterocycles. The molecule has 0 radical (unpaired) electrons. The lowest BCUT2D eigenvalue weighted by Gasteiger charge is -2.37. The van der Waals surface area contributed by atoms with E-state index in [0.717, 1.165) is 30.6 Å². The van der Waals surface area contributed by atoms with Gasteiger partial charge in [-0.05, 0) is 30.5 Å². The summed E-state index contributed by atoms with van der Waals surface area (Å²) in [6.45, 7) is 0.654. The Morgan fingerprint density at radius 1 is 1.44 bits per heavy atom. The largest absolute Gasteiger partial charge is 0.497 e. The minimum Gasteiger partial charge on any atom is -0.497 e. The van der Waals surface area contributed by atoms with Crippen molar-refractivity contribution in [3.8, 4) is 5.75 Å². The summed E-state index contributed by atoms with van der Waals surface area (Å²) in [5.74, 6) is 0.597. The minimum atomic E-state index is -0.418. The molecule has 2 N–H and O–H groups in total. The maximum Gasteiger partial charge on any atom is 0.313 e. The first-order valence-electron chi connectivity index (χ1n) is 6.20. The van der Waals surface area contributed by atoms with Gasteiger partial charge >= 0.3 is 5.97 Å². The molecule has 2 rings (SSSR count). The normalized spacial score (nSPS) is 16.8. The van der Waals surface area contributed by atoms with Crippen molar-refractivity contribution in [2.24, 2.45) is 11.1 Å². The number of hydrogen-bond acceptors (Lipinski definition) is 4. The molecule has 0 heterocycles. The van der Waals surface area contributed by atoms with Gasteiger partial charge < -0.3 is 15.2 Å². The van der Waals surface area contributed by atoms with Crippen LogP contribution in [0.5, 0.6) is 5.75 Å². The van der Waals surface area contributed by atoms with Crippen LogP contribution in [0.1, 0.15) is 24.8 Å². The van der Waals surface area contributed by atoms with E-state index in [1.807, 2.05) is 24.3 Å². The fraction of sp³-hybridized carbons (Fsp3) is 0.500. The molecular formula is C14H19NO3. The van der Waals surface area contributed by atoms with E-state index >= 15 is 0 Å². The van der Waals surface area contributed by atoms with Crippen molar-refractivity contribution in [2.45, 2.75) is 25.9 Å². The highest BCUT2D eigenvalue weighted by molar-refractivity contribution is 5.78. The van der Waals surface area contributed by atoms with Gasteiger partial charge in [0.2, 0.25) is 0 Å². The molecule has 0 unspecified atom stereocenters. The van der Waals surface area contributed by atoms with Crippen molar-refractivity contribution < 1.29 is 14.3 Å². The summed E-state index contributed by atoms with van der Waals surface area (Å²) in [6, 6.07) is 7.51. The summed E-state index contributed by atoms with van der Waals surface area (Å²) in [6.07, 6.45) is 2.76. The first-order valence-corrected chi connectivity index (χ1v) is 6.20. The van der Waals surface area contributed by atoms with E-state index in [1.165, 1.54) is 0 Å². The molecule has 1 aromatic carbocycles. The Bertz CT molecular complexity index is 421. The maximum absolute atomic E-state index is 12.0. The highest BCUT2D eigenvalue weighted by Gasteiger charge is 2.44. The monoisotopic (exact) mass is 249 g/mol. The van der Waals surface area contributed by atoms with Gasteiger partial charge in [0.1, 0.15) is 12.4 Å². The SMILES string of the molecule is COc1cccc(COC(=O)C2(CN)CCC2)c1. The molecule has 4 heteroatoms. The standard InChI is InChI=1S/C14H19NO3/c1-17-12-5-2-4-11(8-12)9-18-13(16)14(10-15)6-3-7-14/h2,4-5,8H,3,6-7,9-10,15H2,1H3. The predicted octanol–water partition coefficient (Wildman–Crippen LogP) is 1.87. The number of nitrogens with two attached hydrogens (primary N) is 1. The molecule has 4 nitrogen and oxygen atoms in total. The van der Waals surface area contributed by atoms with E-state index in [-0.39, 0.29) is 12.6 Å². The van der Waals surface area contributed by atoms with E-state index in [4.69, 9.17) is 15.2 Å². The van der Waals surface area contributed by atoms with Crippen LogP contribution in [0, 0.1) is 5.41 Å². The average Bonchev–Trinajstić information content (AvgIpc) is 2.36. The number of carbonyl (C=O) groups is 1. The zero-order valence-electron chi connectivity index (χ0n) is 10.6. The number of benzene rings is 1. The molecule has 98 valence electrons. The quantitative estimate of drug-likeness (QED) is 0.809. The topological polar surface area (TPSA) is 61.5 Å². The van der Waals surface area contributed by atoms with Crippen LogP contribution in [-0.4, -0.2) is 19.6 Å². The summed E-state index contributed by atoms with van der Waals surface area (Å²) in [5.41, 5.74) is 6.17. The van der Waals surface area contributed by atoms with Crippen LogP contribution < -0.4 is 10.5 Å². The van der Waals surface area contributed by atoms with Gasteiger partial charge in [-0.25, -0.2) is 0 Å². The molecule has 0 amide bonds. The first kappa shape index (κ1) is 12.9. The van der Waals surface area contributed by atoms with Crippen molar-refractivity contribution >= 4 is 5.97 Å². The summed E-state index contributed by atoms with van der Waals surface area (Å²) >= 11 is 0. The molecule has 0 atom stereocenters. The molecule has 1 aromatic rings. The zero-order valence-corrected chi connectivity index (χ0v) is 10.6. The second-order valence-electron chi connectivity index (χ2n) is 4.77. The Kier molecular flexibility index (Phi) is 3.87. The number of ether oxygens (including phenoxy) is 2. The second-order valence-corrected chi connectivity index (χ2v) is 4.77. The molecule has 18 heavy (non-hydrogen) atoms. The summed E-state index contributed by atoms with van der Waals surface area (Å²) in [4.78, 5) is 12.0. The number of hydrogen-bond donors (Lipinski definition) is 1. The molecule has 1 aliphatic carbocycles. The lowest BCUT2D eigenvalue weighted by atomic mass is 9.69. The lowest BCUT2D eigenvalue weighted by Crippen LogP contribution is -2.45. The van der Waals surface area contributed by atoms with Crippen molar-refractivity contribution in [1.82, 2.24) is 0 Å². The van der Waals surface area contributed by atoms with Gasteiger partial charge in [0.15, 0.2) is 0 Å². The fourth-order valence-electron chi connectivity index (χ4n) is 2.16. The molecule has 1 saturated carbocycles. The third-order valence-electron chi connectivity index (χ3n) is 3.64. The van der Waals surface area contributed by atoms with Crippen molar-refractivity contribution in [3.63, 3.8) is 0 Å². The van der Waals surface area contributed by atoms with Gasteiger partial charge in [-0.3, -0.25) is 4.79 Å². The van der Waals surface area contributed by atoms with Crippen LogP contribution in [-0.2, 0) is 16.1 Å². The number of rotatable bonds is 5. The summed E-state index contributed by atoms with van der Waals surface area (Å²) < 4.78 is 10.5. The fourth-order valence-corrected chi connectivity index (χ4v) is 2.16. The van der Waals surface area contributed by atoms with Crippen LogP contribution in [0.15, 0.2) is 24.3 Å². The molecule has 0 bridgehead atoms. The van der Waals surface area contributed by atoms with Crippen molar-refractivity contribution in [2.75, 3.05) is 13.7 Å². The van der Waals surface area contributed by atoms with E-state index in [0.29, 0.717) is 6.54 Å². The lowest BCUT2D eigenvalue weighted by molar-refractivity contribution is -0.162. The van der Waals surface area contributed by atoms with E-state index < -0.39 is 5.41 Å². The van der Waals surface area contributed by atoms with Crippen LogP contribution in [0.3, 0.4) is 0 Å². The summed E-state index contributed by atoms with van der Waals surface area (Å²) in [7, 11) is 1.61. The predicted molar refractivity (Wildman–Crippen MR) is 68.1 cm³/mol. The number of methoxy groups -OCH3 is 1. The van der Waals surface area contributed by atoms with Gasteiger partial charge in [-0.15, -0.1) is 0 Å². The van der Waals surface area contributed by atoms with Crippen LogP contribution in [0.25, 0.3) is 0 Å². The Hall–Kier alpha value is -1.55. The van der Waals surface area contributed by atoms with Crippen molar-refractivity contribution in [3.05, 3.63) is 29.8 Å². The number of esters is 1. The summed E-state index contributed by atoms with van der Waals surface area (Å²) in [5, 5.41) is 0. The first-order chi connectivity index (χ1) is 8.70. The Balaban J connectivity index is 1.92. The zero-order chi connectivity index (χ0) is 13.0. The van der Waals surface area contributed by atoms with Gasteiger partial charge in [0, 0.05) is 6.54 Å². The second kappa shape index (κ2) is 5.40. The molecular weight excluding hydrogens is 230 g/mol. The third kappa shape index (κ3) is 2.48. The van der Waals surface area contributed by atoms with E-state index in [1.54, 1.807) is 7.11 Å². The van der Waals surface area contributed by atoms with Crippen LogP contribution in [0.2, 0.25) is 0 Å². The van der Waals surface area contributed by atoms with Crippen LogP contribution >= 0.6 is 0 Å². The maximum atomic E-state index is 12.0. The van der Waals surface area contributed by atoms with Gasteiger partial charge in [-0.1, -0.05) is 18.6 Å². The van der Waals surface area contributed by atoms with Gasteiger partial charge in [-0.2, -0.15) is 0 Å². The Morgan fingerprint density at radius 3 is 2.78 bits per heavy atom. The molecule has 0 saturated heterocycles. The Morgan fingerprint density at radius 2 is 2.22 bits per heavy atom. The van der Waals surface area contributed by atoms with E-state index in [2.05, 4.69) is 0 Å². The minimum absolute atomic E-state index is 0.168. The van der Waals surface area contributed by atoms with E-state index in [9.17, 15) is 4.79 Å². The Labute approximate surface area is 107 Å². The van der Waals surface area contributed by atoms with Gasteiger partial charge in [0.05, 0.1) is 12.5 Å².